The fourth-order valence-electron chi connectivity index (χ4n) is 3.07. The van der Waals surface area contributed by atoms with Gasteiger partial charge >= 0.3 is 0 Å². The van der Waals surface area contributed by atoms with Crippen LogP contribution in [0.3, 0.4) is 0 Å². The van der Waals surface area contributed by atoms with Gasteiger partial charge in [0, 0.05) is 0 Å². The van der Waals surface area contributed by atoms with Crippen LogP contribution in [0.1, 0.15) is 12.8 Å². The van der Waals surface area contributed by atoms with Gasteiger partial charge in [0.1, 0.15) is 12.4 Å². The third kappa shape index (κ3) is 2.64. The average Bonchev–Trinajstić information content (AvgIpc) is 2.78. The molecule has 0 radical (unpaired) electrons. The lowest BCUT2D eigenvalue weighted by atomic mass is 9.97. The van der Waals surface area contributed by atoms with Crippen molar-refractivity contribution < 1.29 is 9.53 Å². The smallest absolute Gasteiger partial charge is 0.238 e. The molecule has 0 saturated carbocycles. The molecule has 2 aliphatic heterocycles. The molecule has 3 rings (SSSR count). The molecule has 20 heavy (non-hydrogen) atoms. The van der Waals surface area contributed by atoms with Gasteiger partial charge in [0.15, 0.2) is 0 Å². The topological polar surface area (TPSA) is 53.6 Å². The van der Waals surface area contributed by atoms with Crippen LogP contribution in [-0.4, -0.2) is 49.3 Å². The number of benzene rings is 1. The van der Waals surface area contributed by atoms with Crippen molar-refractivity contribution in [2.24, 2.45) is 0 Å². The normalized spacial score (nSPS) is 21.4. The van der Waals surface area contributed by atoms with Gasteiger partial charge in [-0.2, -0.15) is 0 Å². The number of carbonyl (C=O) groups is 1. The van der Waals surface area contributed by atoms with Gasteiger partial charge in [-0.05, 0) is 38.1 Å². The summed E-state index contributed by atoms with van der Waals surface area (Å²) in [7, 11) is 0. The standard InChI is InChI=1S/C15H21N3O2/c19-14-12-17-15(6-8-16-9-7-15)18(14)10-11-20-13-4-2-1-3-5-13/h1-5,16-17H,6-12H2. The number of rotatable bonds is 4. The summed E-state index contributed by atoms with van der Waals surface area (Å²) in [4.78, 5) is 14.0. The molecule has 2 fully saturated rings. The first-order chi connectivity index (χ1) is 9.80. The average molecular weight is 275 g/mol. The van der Waals surface area contributed by atoms with Crippen molar-refractivity contribution in [2.45, 2.75) is 18.5 Å². The molecule has 5 nitrogen and oxygen atoms in total. The van der Waals surface area contributed by atoms with E-state index in [1.165, 1.54) is 0 Å². The number of carbonyl (C=O) groups excluding carboxylic acids is 1. The minimum absolute atomic E-state index is 0.150. The van der Waals surface area contributed by atoms with E-state index in [-0.39, 0.29) is 11.6 Å². The van der Waals surface area contributed by atoms with E-state index in [1.54, 1.807) is 0 Å². The summed E-state index contributed by atoms with van der Waals surface area (Å²) < 4.78 is 5.71. The van der Waals surface area contributed by atoms with E-state index in [0.717, 1.165) is 31.7 Å². The van der Waals surface area contributed by atoms with Crippen molar-refractivity contribution in [1.82, 2.24) is 15.5 Å². The van der Waals surface area contributed by atoms with Crippen LogP contribution >= 0.6 is 0 Å². The predicted molar refractivity (Wildman–Crippen MR) is 76.5 cm³/mol. The summed E-state index contributed by atoms with van der Waals surface area (Å²) in [6.07, 6.45) is 1.92. The van der Waals surface area contributed by atoms with Crippen LogP contribution in [0.25, 0.3) is 0 Å². The fourth-order valence-corrected chi connectivity index (χ4v) is 3.07. The van der Waals surface area contributed by atoms with Crippen molar-refractivity contribution in [2.75, 3.05) is 32.8 Å². The van der Waals surface area contributed by atoms with Gasteiger partial charge in [0.25, 0.3) is 0 Å². The monoisotopic (exact) mass is 275 g/mol. The SMILES string of the molecule is O=C1CNC2(CCNCC2)N1CCOc1ccccc1. The molecular formula is C15H21N3O2. The maximum Gasteiger partial charge on any atom is 0.238 e. The molecule has 2 N–H and O–H groups in total. The van der Waals surface area contributed by atoms with Crippen molar-refractivity contribution in [3.8, 4) is 5.75 Å². The lowest BCUT2D eigenvalue weighted by molar-refractivity contribution is -0.131. The van der Waals surface area contributed by atoms with Crippen LogP contribution in [0.15, 0.2) is 30.3 Å². The number of ether oxygens (including phenoxy) is 1. The quantitative estimate of drug-likeness (QED) is 0.844. The zero-order chi connectivity index (χ0) is 13.8. The Morgan fingerprint density at radius 1 is 1.20 bits per heavy atom. The summed E-state index contributed by atoms with van der Waals surface area (Å²) in [6.45, 7) is 3.53. The van der Waals surface area contributed by atoms with Crippen molar-refractivity contribution in [1.29, 1.82) is 0 Å². The van der Waals surface area contributed by atoms with E-state index in [1.807, 2.05) is 35.2 Å². The number of nitrogens with zero attached hydrogens (tertiary/aromatic N) is 1. The Morgan fingerprint density at radius 2 is 1.95 bits per heavy atom. The number of nitrogens with one attached hydrogen (secondary N) is 2. The first kappa shape index (κ1) is 13.4. The van der Waals surface area contributed by atoms with Crippen LogP contribution in [0.5, 0.6) is 5.75 Å². The highest BCUT2D eigenvalue weighted by atomic mass is 16.5. The Balaban J connectivity index is 1.58. The summed E-state index contributed by atoms with van der Waals surface area (Å²) in [5.41, 5.74) is -0.150. The molecule has 2 saturated heterocycles. The summed E-state index contributed by atoms with van der Waals surface area (Å²) in [5.74, 6) is 1.04. The van der Waals surface area contributed by atoms with Crippen LogP contribution in [0, 0.1) is 0 Å². The van der Waals surface area contributed by atoms with Crippen LogP contribution in [0.2, 0.25) is 0 Å². The Morgan fingerprint density at radius 3 is 2.70 bits per heavy atom. The second-order valence-corrected chi connectivity index (χ2v) is 5.34. The molecule has 2 aliphatic rings. The number of hydrogen-bond donors (Lipinski definition) is 2. The molecular weight excluding hydrogens is 254 g/mol. The summed E-state index contributed by atoms with van der Waals surface area (Å²) in [5, 5.41) is 6.75. The largest absolute Gasteiger partial charge is 0.492 e. The number of para-hydroxylation sites is 1. The predicted octanol–water partition coefficient (Wildman–Crippen LogP) is 0.577. The first-order valence-corrected chi connectivity index (χ1v) is 7.24. The van der Waals surface area contributed by atoms with Gasteiger partial charge in [-0.25, -0.2) is 0 Å². The minimum Gasteiger partial charge on any atom is -0.492 e. The maximum absolute atomic E-state index is 12.1. The van der Waals surface area contributed by atoms with Gasteiger partial charge in [-0.1, -0.05) is 18.2 Å². The van der Waals surface area contributed by atoms with Crippen molar-refractivity contribution >= 4 is 5.91 Å². The second kappa shape index (κ2) is 5.81. The zero-order valence-electron chi connectivity index (χ0n) is 11.6. The Bertz CT molecular complexity index is 457. The molecule has 2 heterocycles. The highest BCUT2D eigenvalue weighted by Gasteiger charge is 2.45. The molecule has 0 aromatic heterocycles. The summed E-state index contributed by atoms with van der Waals surface area (Å²) >= 11 is 0. The molecule has 108 valence electrons. The Hall–Kier alpha value is -1.59. The van der Waals surface area contributed by atoms with E-state index in [4.69, 9.17) is 4.74 Å². The molecule has 1 spiro atoms. The van der Waals surface area contributed by atoms with Gasteiger partial charge in [0.2, 0.25) is 5.91 Å². The Labute approximate surface area is 119 Å². The molecule has 0 unspecified atom stereocenters. The van der Waals surface area contributed by atoms with Gasteiger partial charge in [0.05, 0.1) is 18.8 Å². The third-order valence-electron chi connectivity index (χ3n) is 4.14. The van der Waals surface area contributed by atoms with E-state index < -0.39 is 0 Å². The molecule has 0 atom stereocenters. The number of piperidine rings is 1. The highest BCUT2D eigenvalue weighted by molar-refractivity contribution is 5.81. The minimum atomic E-state index is -0.150. The second-order valence-electron chi connectivity index (χ2n) is 5.34. The van der Waals surface area contributed by atoms with Crippen LogP contribution < -0.4 is 15.4 Å². The van der Waals surface area contributed by atoms with Crippen molar-refractivity contribution in [3.63, 3.8) is 0 Å². The number of amides is 1. The fraction of sp³-hybridized carbons (Fsp3) is 0.533. The highest BCUT2D eigenvalue weighted by Crippen LogP contribution is 2.27. The van der Waals surface area contributed by atoms with E-state index in [9.17, 15) is 4.79 Å². The molecule has 0 bridgehead atoms. The van der Waals surface area contributed by atoms with E-state index in [2.05, 4.69) is 10.6 Å². The molecule has 1 aromatic rings. The lowest BCUT2D eigenvalue weighted by Gasteiger charge is -2.41. The molecule has 5 heteroatoms. The molecule has 1 amide bonds. The van der Waals surface area contributed by atoms with Gasteiger partial charge < -0.3 is 15.0 Å². The zero-order valence-corrected chi connectivity index (χ0v) is 11.6. The lowest BCUT2D eigenvalue weighted by Crippen LogP contribution is -2.58. The van der Waals surface area contributed by atoms with E-state index in [0.29, 0.717) is 19.7 Å². The first-order valence-electron chi connectivity index (χ1n) is 7.24. The Kier molecular flexibility index (Phi) is 3.89. The summed E-state index contributed by atoms with van der Waals surface area (Å²) in [6, 6.07) is 9.73. The van der Waals surface area contributed by atoms with E-state index >= 15 is 0 Å². The van der Waals surface area contributed by atoms with Crippen LogP contribution in [0.4, 0.5) is 0 Å². The third-order valence-corrected chi connectivity index (χ3v) is 4.14. The van der Waals surface area contributed by atoms with Gasteiger partial charge in [-0.3, -0.25) is 10.1 Å². The molecule has 1 aromatic carbocycles. The van der Waals surface area contributed by atoms with Gasteiger partial charge in [-0.15, -0.1) is 0 Å². The number of hydrogen-bond acceptors (Lipinski definition) is 4. The molecule has 0 aliphatic carbocycles. The maximum atomic E-state index is 12.1. The van der Waals surface area contributed by atoms with Crippen molar-refractivity contribution in [3.05, 3.63) is 30.3 Å². The van der Waals surface area contributed by atoms with Crippen LogP contribution in [-0.2, 0) is 4.79 Å².